The first-order chi connectivity index (χ1) is 10.6. The molecule has 2 aromatic carbocycles. The first-order valence-corrected chi connectivity index (χ1v) is 7.58. The van der Waals surface area contributed by atoms with Gasteiger partial charge in [0.25, 0.3) is 5.56 Å². The van der Waals surface area contributed by atoms with Crippen molar-refractivity contribution >= 4 is 22.5 Å². The van der Waals surface area contributed by atoms with Gasteiger partial charge in [-0.25, -0.2) is 0 Å². The van der Waals surface area contributed by atoms with Crippen LogP contribution in [0, 0.1) is 6.92 Å². The molecule has 22 heavy (non-hydrogen) atoms. The Hall–Kier alpha value is -2.10. The summed E-state index contributed by atoms with van der Waals surface area (Å²) in [5.41, 5.74) is 3.62. The average Bonchev–Trinajstić information content (AvgIpc) is 2.51. The topological polar surface area (TPSA) is 44.9 Å². The molecule has 0 aliphatic rings. The number of halogens is 1. The van der Waals surface area contributed by atoms with Crippen molar-refractivity contribution in [1.82, 2.24) is 10.3 Å². The second kappa shape index (κ2) is 6.34. The highest BCUT2D eigenvalue weighted by atomic mass is 35.5. The van der Waals surface area contributed by atoms with Gasteiger partial charge in [-0.05, 0) is 41.6 Å². The standard InChI is InChI=1S/C18H17ClN2O/c1-12-7-14-8-15(18(22)21-17(14)9-16(12)19)11-20-10-13-5-3-2-4-6-13/h2-9,20H,10-11H2,1H3,(H,21,22). The number of aryl methyl sites for hydroxylation is 1. The molecule has 0 atom stereocenters. The number of benzene rings is 2. The molecular weight excluding hydrogens is 296 g/mol. The van der Waals surface area contributed by atoms with Crippen molar-refractivity contribution in [2.24, 2.45) is 0 Å². The molecule has 1 heterocycles. The zero-order valence-electron chi connectivity index (χ0n) is 12.3. The summed E-state index contributed by atoms with van der Waals surface area (Å²) in [4.78, 5) is 15.0. The monoisotopic (exact) mass is 312 g/mol. The summed E-state index contributed by atoms with van der Waals surface area (Å²) in [5, 5.41) is 4.97. The Kier molecular flexibility index (Phi) is 4.27. The highest BCUT2D eigenvalue weighted by Gasteiger charge is 2.05. The first kappa shape index (κ1) is 14.8. The SMILES string of the molecule is Cc1cc2cc(CNCc3ccccc3)c(=O)[nH]c2cc1Cl. The normalized spacial score (nSPS) is 11.0. The van der Waals surface area contributed by atoms with E-state index in [0.717, 1.165) is 28.6 Å². The molecule has 0 saturated heterocycles. The minimum absolute atomic E-state index is 0.0759. The maximum Gasteiger partial charge on any atom is 0.252 e. The van der Waals surface area contributed by atoms with Crippen LogP contribution in [0.25, 0.3) is 10.9 Å². The smallest absolute Gasteiger partial charge is 0.252 e. The van der Waals surface area contributed by atoms with E-state index in [1.54, 1.807) is 6.07 Å². The predicted octanol–water partition coefficient (Wildman–Crippen LogP) is 3.78. The fraction of sp³-hybridized carbons (Fsp3) is 0.167. The van der Waals surface area contributed by atoms with E-state index in [1.165, 1.54) is 5.56 Å². The lowest BCUT2D eigenvalue weighted by Gasteiger charge is -2.07. The molecule has 0 fully saturated rings. The van der Waals surface area contributed by atoms with Gasteiger partial charge in [0.15, 0.2) is 0 Å². The molecule has 1 aromatic heterocycles. The van der Waals surface area contributed by atoms with E-state index >= 15 is 0 Å². The summed E-state index contributed by atoms with van der Waals surface area (Å²) in [6.07, 6.45) is 0. The Labute approximate surface area is 133 Å². The van der Waals surface area contributed by atoms with Crippen molar-refractivity contribution in [3.63, 3.8) is 0 Å². The quantitative estimate of drug-likeness (QED) is 0.770. The van der Waals surface area contributed by atoms with E-state index in [2.05, 4.69) is 22.4 Å². The van der Waals surface area contributed by atoms with Crippen molar-refractivity contribution in [3.05, 3.63) is 80.6 Å². The molecule has 112 valence electrons. The number of pyridine rings is 1. The molecule has 3 aromatic rings. The van der Waals surface area contributed by atoms with Gasteiger partial charge in [-0.15, -0.1) is 0 Å². The van der Waals surface area contributed by atoms with Crippen LogP contribution in [0.3, 0.4) is 0 Å². The van der Waals surface area contributed by atoms with Crippen LogP contribution in [-0.4, -0.2) is 4.98 Å². The lowest BCUT2D eigenvalue weighted by Crippen LogP contribution is -2.20. The van der Waals surface area contributed by atoms with E-state index < -0.39 is 0 Å². The Morgan fingerprint density at radius 3 is 2.64 bits per heavy atom. The van der Waals surface area contributed by atoms with Gasteiger partial charge < -0.3 is 10.3 Å². The van der Waals surface area contributed by atoms with E-state index in [4.69, 9.17) is 11.6 Å². The Balaban J connectivity index is 1.80. The van der Waals surface area contributed by atoms with E-state index in [9.17, 15) is 4.79 Å². The summed E-state index contributed by atoms with van der Waals surface area (Å²) >= 11 is 6.10. The summed E-state index contributed by atoms with van der Waals surface area (Å²) in [7, 11) is 0. The van der Waals surface area contributed by atoms with E-state index in [-0.39, 0.29) is 5.56 Å². The van der Waals surface area contributed by atoms with Crippen LogP contribution < -0.4 is 10.9 Å². The van der Waals surface area contributed by atoms with Crippen LogP contribution in [0.15, 0.2) is 53.3 Å². The minimum atomic E-state index is -0.0759. The number of aromatic amines is 1. The maximum absolute atomic E-state index is 12.1. The molecule has 0 amide bonds. The largest absolute Gasteiger partial charge is 0.322 e. The van der Waals surface area contributed by atoms with Gasteiger partial charge in [0, 0.05) is 29.2 Å². The highest BCUT2D eigenvalue weighted by molar-refractivity contribution is 6.32. The van der Waals surface area contributed by atoms with Gasteiger partial charge in [-0.1, -0.05) is 41.9 Å². The van der Waals surface area contributed by atoms with Gasteiger partial charge in [-0.2, -0.15) is 0 Å². The van der Waals surface area contributed by atoms with Crippen LogP contribution in [-0.2, 0) is 13.1 Å². The van der Waals surface area contributed by atoms with Crippen LogP contribution in [0.1, 0.15) is 16.7 Å². The molecule has 3 rings (SSSR count). The zero-order chi connectivity index (χ0) is 15.5. The number of nitrogens with one attached hydrogen (secondary N) is 2. The van der Waals surface area contributed by atoms with Gasteiger partial charge in [0.2, 0.25) is 0 Å². The van der Waals surface area contributed by atoms with Crippen molar-refractivity contribution in [2.45, 2.75) is 20.0 Å². The summed E-state index contributed by atoms with van der Waals surface area (Å²) in [6, 6.07) is 15.8. The second-order valence-corrected chi connectivity index (χ2v) is 5.81. The van der Waals surface area contributed by atoms with Gasteiger partial charge in [0.1, 0.15) is 0 Å². The maximum atomic E-state index is 12.1. The zero-order valence-corrected chi connectivity index (χ0v) is 13.1. The molecule has 0 saturated carbocycles. The molecule has 0 aliphatic heterocycles. The molecule has 0 spiro atoms. The molecule has 4 heteroatoms. The molecule has 2 N–H and O–H groups in total. The van der Waals surface area contributed by atoms with Gasteiger partial charge >= 0.3 is 0 Å². The highest BCUT2D eigenvalue weighted by Crippen LogP contribution is 2.21. The number of hydrogen-bond donors (Lipinski definition) is 2. The van der Waals surface area contributed by atoms with Crippen LogP contribution in [0.2, 0.25) is 5.02 Å². The van der Waals surface area contributed by atoms with Crippen molar-refractivity contribution in [3.8, 4) is 0 Å². The molecular formula is C18H17ClN2O. The molecule has 0 aliphatic carbocycles. The Morgan fingerprint density at radius 2 is 1.86 bits per heavy atom. The van der Waals surface area contributed by atoms with E-state index in [0.29, 0.717) is 11.6 Å². The third-order valence-corrected chi connectivity index (χ3v) is 4.09. The average molecular weight is 313 g/mol. The lowest BCUT2D eigenvalue weighted by molar-refractivity contribution is 0.688. The van der Waals surface area contributed by atoms with E-state index in [1.807, 2.05) is 37.3 Å². The lowest BCUT2D eigenvalue weighted by atomic mass is 10.1. The number of rotatable bonds is 4. The summed E-state index contributed by atoms with van der Waals surface area (Å²) in [5.74, 6) is 0. The van der Waals surface area contributed by atoms with Crippen LogP contribution in [0.5, 0.6) is 0 Å². The Morgan fingerprint density at radius 1 is 1.09 bits per heavy atom. The fourth-order valence-electron chi connectivity index (χ4n) is 2.46. The Bertz CT molecular complexity index is 856. The predicted molar refractivity (Wildman–Crippen MR) is 91.3 cm³/mol. The van der Waals surface area contributed by atoms with Crippen molar-refractivity contribution in [1.29, 1.82) is 0 Å². The van der Waals surface area contributed by atoms with Crippen LogP contribution >= 0.6 is 11.6 Å². The molecule has 3 nitrogen and oxygen atoms in total. The van der Waals surface area contributed by atoms with Crippen molar-refractivity contribution in [2.75, 3.05) is 0 Å². The number of fused-ring (bicyclic) bond motifs is 1. The first-order valence-electron chi connectivity index (χ1n) is 7.20. The van der Waals surface area contributed by atoms with Crippen LogP contribution in [0.4, 0.5) is 0 Å². The fourth-order valence-corrected chi connectivity index (χ4v) is 2.62. The summed E-state index contributed by atoms with van der Waals surface area (Å²) < 4.78 is 0. The third-order valence-electron chi connectivity index (χ3n) is 3.69. The summed E-state index contributed by atoms with van der Waals surface area (Å²) in [6.45, 7) is 3.22. The van der Waals surface area contributed by atoms with Crippen molar-refractivity contribution < 1.29 is 0 Å². The number of aromatic nitrogens is 1. The number of H-pyrrole nitrogens is 1. The van der Waals surface area contributed by atoms with Gasteiger partial charge in [0.05, 0.1) is 0 Å². The molecule has 0 unspecified atom stereocenters. The molecule has 0 bridgehead atoms. The molecule has 0 radical (unpaired) electrons. The second-order valence-electron chi connectivity index (χ2n) is 5.40. The third kappa shape index (κ3) is 3.21. The van der Waals surface area contributed by atoms with Gasteiger partial charge in [-0.3, -0.25) is 4.79 Å². The number of hydrogen-bond acceptors (Lipinski definition) is 2. The minimum Gasteiger partial charge on any atom is -0.322 e.